The molecule has 5 heteroatoms. The van der Waals surface area contributed by atoms with Crippen LogP contribution in [0.5, 0.6) is 0 Å². The van der Waals surface area contributed by atoms with Crippen molar-refractivity contribution in [3.8, 4) is 0 Å². The Bertz CT molecular complexity index is 568. The van der Waals surface area contributed by atoms with E-state index in [9.17, 15) is 4.79 Å². The van der Waals surface area contributed by atoms with Gasteiger partial charge >= 0.3 is 0 Å². The number of hydrogen-bond acceptors (Lipinski definition) is 4. The molecule has 0 saturated carbocycles. The average molecular weight is 290 g/mol. The van der Waals surface area contributed by atoms with Gasteiger partial charge in [0.05, 0.1) is 11.8 Å². The largest absolute Gasteiger partial charge is 0.472 e. The van der Waals surface area contributed by atoms with Crippen molar-refractivity contribution in [3.63, 3.8) is 0 Å². The number of amides is 1. The van der Waals surface area contributed by atoms with Crippen molar-refractivity contribution >= 4 is 17.2 Å². The Hall–Kier alpha value is -1.59. The topological polar surface area (TPSA) is 36.7 Å². The minimum Gasteiger partial charge on any atom is -0.472 e. The van der Waals surface area contributed by atoms with Crippen molar-refractivity contribution in [1.29, 1.82) is 0 Å². The highest BCUT2D eigenvalue weighted by atomic mass is 32.1. The summed E-state index contributed by atoms with van der Waals surface area (Å²) in [5, 5.41) is 0. The van der Waals surface area contributed by atoms with E-state index in [1.807, 2.05) is 16.2 Å². The number of thiophene rings is 1. The molecule has 1 fully saturated rings. The fraction of sp³-hybridized carbons (Fsp3) is 0.400. The van der Waals surface area contributed by atoms with E-state index in [4.69, 9.17) is 4.42 Å². The Morgan fingerprint density at radius 3 is 2.65 bits per heavy atom. The van der Waals surface area contributed by atoms with Gasteiger partial charge in [-0.2, -0.15) is 0 Å². The highest BCUT2D eigenvalue weighted by molar-refractivity contribution is 7.11. The maximum absolute atomic E-state index is 12.2. The van der Waals surface area contributed by atoms with Crippen molar-refractivity contribution in [2.45, 2.75) is 13.5 Å². The van der Waals surface area contributed by atoms with Gasteiger partial charge in [0.15, 0.2) is 0 Å². The van der Waals surface area contributed by atoms with Crippen molar-refractivity contribution in [3.05, 3.63) is 46.0 Å². The van der Waals surface area contributed by atoms with Crippen LogP contribution in [0.4, 0.5) is 0 Å². The van der Waals surface area contributed by atoms with Crippen LogP contribution in [0, 0.1) is 6.92 Å². The summed E-state index contributed by atoms with van der Waals surface area (Å²) in [4.78, 5) is 19.2. The molecule has 20 heavy (non-hydrogen) atoms. The highest BCUT2D eigenvalue weighted by Gasteiger charge is 2.22. The van der Waals surface area contributed by atoms with Gasteiger partial charge in [-0.3, -0.25) is 9.69 Å². The number of nitrogens with zero attached hydrogens (tertiary/aromatic N) is 2. The van der Waals surface area contributed by atoms with Gasteiger partial charge in [0.1, 0.15) is 6.26 Å². The van der Waals surface area contributed by atoms with Crippen LogP contribution in [-0.4, -0.2) is 41.9 Å². The van der Waals surface area contributed by atoms with Crippen LogP contribution < -0.4 is 0 Å². The first-order valence-electron chi connectivity index (χ1n) is 6.81. The summed E-state index contributed by atoms with van der Waals surface area (Å²) >= 11 is 1.85. The lowest BCUT2D eigenvalue weighted by atomic mass is 10.2. The summed E-state index contributed by atoms with van der Waals surface area (Å²) in [6.07, 6.45) is 3.06. The predicted octanol–water partition coefficient (Wildman–Crippen LogP) is 2.61. The van der Waals surface area contributed by atoms with Crippen molar-refractivity contribution in [2.24, 2.45) is 0 Å². The monoisotopic (exact) mass is 290 g/mol. The summed E-state index contributed by atoms with van der Waals surface area (Å²) in [5.74, 6) is 0.0744. The smallest absolute Gasteiger partial charge is 0.257 e. The van der Waals surface area contributed by atoms with Crippen LogP contribution >= 0.6 is 11.3 Å². The predicted molar refractivity (Wildman–Crippen MR) is 78.9 cm³/mol. The number of rotatable bonds is 3. The molecule has 0 radical (unpaired) electrons. The summed E-state index contributed by atoms with van der Waals surface area (Å²) < 4.78 is 4.97. The van der Waals surface area contributed by atoms with Gasteiger partial charge in [-0.15, -0.1) is 11.3 Å². The fourth-order valence-corrected chi connectivity index (χ4v) is 3.40. The van der Waals surface area contributed by atoms with Gasteiger partial charge in [-0.25, -0.2) is 0 Å². The summed E-state index contributed by atoms with van der Waals surface area (Å²) in [6.45, 7) is 6.56. The van der Waals surface area contributed by atoms with Gasteiger partial charge in [-0.1, -0.05) is 0 Å². The number of carbonyl (C=O) groups is 1. The van der Waals surface area contributed by atoms with Crippen LogP contribution in [-0.2, 0) is 6.54 Å². The zero-order chi connectivity index (χ0) is 13.9. The molecular formula is C15H18N2O2S. The van der Waals surface area contributed by atoms with E-state index in [0.29, 0.717) is 5.56 Å². The molecular weight excluding hydrogens is 272 g/mol. The zero-order valence-corrected chi connectivity index (χ0v) is 12.4. The normalized spacial score (nSPS) is 16.6. The number of piperazine rings is 1. The highest BCUT2D eigenvalue weighted by Crippen LogP contribution is 2.18. The lowest BCUT2D eigenvalue weighted by molar-refractivity contribution is 0.0629. The number of hydrogen-bond donors (Lipinski definition) is 0. The van der Waals surface area contributed by atoms with Crippen molar-refractivity contribution in [1.82, 2.24) is 9.80 Å². The van der Waals surface area contributed by atoms with Gasteiger partial charge in [-0.05, 0) is 25.1 Å². The molecule has 0 bridgehead atoms. The van der Waals surface area contributed by atoms with Gasteiger partial charge in [0.25, 0.3) is 5.91 Å². The van der Waals surface area contributed by atoms with Crippen molar-refractivity contribution in [2.75, 3.05) is 26.2 Å². The van der Waals surface area contributed by atoms with Gasteiger partial charge < -0.3 is 9.32 Å². The Morgan fingerprint density at radius 1 is 1.25 bits per heavy atom. The molecule has 1 aliphatic rings. The van der Waals surface area contributed by atoms with Gasteiger partial charge in [0, 0.05) is 42.5 Å². The molecule has 0 aliphatic carbocycles. The molecule has 0 N–H and O–H groups in total. The van der Waals surface area contributed by atoms with E-state index < -0.39 is 0 Å². The van der Waals surface area contributed by atoms with Crippen LogP contribution in [0.25, 0.3) is 0 Å². The van der Waals surface area contributed by atoms with E-state index in [-0.39, 0.29) is 5.91 Å². The number of aryl methyl sites for hydroxylation is 1. The second-order valence-electron chi connectivity index (χ2n) is 5.09. The van der Waals surface area contributed by atoms with E-state index in [0.717, 1.165) is 32.7 Å². The molecule has 1 aliphatic heterocycles. The Kier molecular flexibility index (Phi) is 3.89. The summed E-state index contributed by atoms with van der Waals surface area (Å²) in [6, 6.07) is 6.09. The molecule has 0 atom stereocenters. The Morgan fingerprint density at radius 2 is 2.05 bits per heavy atom. The van der Waals surface area contributed by atoms with E-state index >= 15 is 0 Å². The second kappa shape index (κ2) is 5.81. The van der Waals surface area contributed by atoms with Crippen LogP contribution in [0.1, 0.15) is 20.1 Å². The van der Waals surface area contributed by atoms with E-state index in [2.05, 4.69) is 24.0 Å². The SMILES string of the molecule is Cc1ccc(CN2CCN(C(=O)c3ccoc3)CC2)s1. The molecule has 0 unspecified atom stereocenters. The molecule has 0 aromatic carbocycles. The van der Waals surface area contributed by atoms with Crippen LogP contribution in [0.2, 0.25) is 0 Å². The maximum atomic E-state index is 12.2. The summed E-state index contributed by atoms with van der Waals surface area (Å²) in [7, 11) is 0. The quantitative estimate of drug-likeness (QED) is 0.872. The first kappa shape index (κ1) is 13.4. The fourth-order valence-electron chi connectivity index (χ4n) is 2.47. The number of carbonyl (C=O) groups excluding carboxylic acids is 1. The lowest BCUT2D eigenvalue weighted by Gasteiger charge is -2.34. The molecule has 3 rings (SSSR count). The van der Waals surface area contributed by atoms with Gasteiger partial charge in [0.2, 0.25) is 0 Å². The van der Waals surface area contributed by atoms with Crippen molar-refractivity contribution < 1.29 is 9.21 Å². The Labute approximate surface area is 122 Å². The van der Waals surface area contributed by atoms with Crippen LogP contribution in [0.15, 0.2) is 35.1 Å². The molecule has 4 nitrogen and oxygen atoms in total. The van der Waals surface area contributed by atoms with E-state index in [1.54, 1.807) is 12.3 Å². The first-order valence-corrected chi connectivity index (χ1v) is 7.63. The average Bonchev–Trinajstić information content (AvgIpc) is 3.11. The minimum atomic E-state index is 0.0744. The third-order valence-electron chi connectivity index (χ3n) is 3.60. The lowest BCUT2D eigenvalue weighted by Crippen LogP contribution is -2.48. The Balaban J connectivity index is 1.53. The molecule has 0 spiro atoms. The molecule has 3 heterocycles. The standard InChI is InChI=1S/C15H18N2O2S/c1-12-2-3-14(20-12)10-16-5-7-17(8-6-16)15(18)13-4-9-19-11-13/h2-4,9,11H,5-8,10H2,1H3. The molecule has 1 saturated heterocycles. The molecule has 2 aromatic heterocycles. The molecule has 1 amide bonds. The number of furan rings is 1. The minimum absolute atomic E-state index is 0.0744. The van der Waals surface area contributed by atoms with E-state index in [1.165, 1.54) is 16.0 Å². The molecule has 106 valence electrons. The third kappa shape index (κ3) is 2.94. The molecule has 2 aromatic rings. The third-order valence-corrected chi connectivity index (χ3v) is 4.59. The first-order chi connectivity index (χ1) is 9.72. The zero-order valence-electron chi connectivity index (χ0n) is 11.5. The second-order valence-corrected chi connectivity index (χ2v) is 6.47. The summed E-state index contributed by atoms with van der Waals surface area (Å²) in [5.41, 5.74) is 0.646. The maximum Gasteiger partial charge on any atom is 0.257 e. The van der Waals surface area contributed by atoms with Crippen LogP contribution in [0.3, 0.4) is 0 Å².